The minimum Gasteiger partial charge on any atom is -0.395 e. The molecule has 0 saturated heterocycles. The van der Waals surface area contributed by atoms with Gasteiger partial charge in [-0.15, -0.1) is 0 Å². The van der Waals surface area contributed by atoms with Crippen molar-refractivity contribution in [3.05, 3.63) is 0 Å². The third-order valence-electron chi connectivity index (χ3n) is 1.72. The van der Waals surface area contributed by atoms with Crippen LogP contribution >= 0.6 is 0 Å². The van der Waals surface area contributed by atoms with Crippen LogP contribution in [0.3, 0.4) is 0 Å². The molecule has 2 N–H and O–H groups in total. The van der Waals surface area contributed by atoms with E-state index in [4.69, 9.17) is 5.11 Å². The molecule has 122 valence electrons. The normalized spacial score (nSPS) is 14.5. The number of ether oxygens (including phenoxy) is 1. The Morgan fingerprint density at radius 3 is 2.30 bits per heavy atom. The fourth-order valence-electron chi connectivity index (χ4n) is 0.765. The molecule has 0 aliphatic heterocycles. The van der Waals surface area contributed by atoms with Gasteiger partial charge in [-0.2, -0.15) is 35.9 Å². The quantitative estimate of drug-likeness (QED) is 0.330. The molecule has 0 spiro atoms. The molecule has 0 aliphatic carbocycles. The SMILES string of the molecule is O=S(OCCOCCC(F)(F)C(F)(F)F)ONCCO. The second-order valence-electron chi connectivity index (χ2n) is 3.29. The summed E-state index contributed by atoms with van der Waals surface area (Å²) in [6, 6.07) is 0. The highest BCUT2D eigenvalue weighted by molar-refractivity contribution is 7.75. The lowest BCUT2D eigenvalue weighted by molar-refractivity contribution is -0.287. The average Bonchev–Trinajstić information content (AvgIpc) is 2.32. The van der Waals surface area contributed by atoms with Crippen molar-refractivity contribution in [1.29, 1.82) is 0 Å². The van der Waals surface area contributed by atoms with Gasteiger partial charge in [-0.25, -0.2) is 0 Å². The number of aliphatic hydroxyl groups excluding tert-OH is 1. The largest absolute Gasteiger partial charge is 0.453 e. The van der Waals surface area contributed by atoms with Gasteiger partial charge >= 0.3 is 23.5 Å². The summed E-state index contributed by atoms with van der Waals surface area (Å²) < 4.78 is 84.2. The van der Waals surface area contributed by atoms with Gasteiger partial charge in [0.1, 0.15) is 0 Å². The molecule has 0 radical (unpaired) electrons. The number of hydrogen-bond acceptors (Lipinski definition) is 6. The van der Waals surface area contributed by atoms with Crippen LogP contribution in [0.4, 0.5) is 22.0 Å². The Hall–Kier alpha value is -0.400. The van der Waals surface area contributed by atoms with Crippen molar-refractivity contribution in [3.63, 3.8) is 0 Å². The first-order valence-electron chi connectivity index (χ1n) is 5.29. The summed E-state index contributed by atoms with van der Waals surface area (Å²) in [7, 11) is 0. The van der Waals surface area contributed by atoms with E-state index in [1.54, 1.807) is 0 Å². The summed E-state index contributed by atoms with van der Waals surface area (Å²) in [6.45, 7) is -1.73. The number of rotatable bonds is 11. The highest BCUT2D eigenvalue weighted by atomic mass is 32.2. The van der Waals surface area contributed by atoms with Gasteiger partial charge in [-0.1, -0.05) is 0 Å². The van der Waals surface area contributed by atoms with Gasteiger partial charge in [-0.05, 0) is 0 Å². The molecule has 0 aliphatic rings. The van der Waals surface area contributed by atoms with Gasteiger partial charge in [0, 0.05) is 13.0 Å². The second kappa shape index (κ2) is 9.52. The summed E-state index contributed by atoms with van der Waals surface area (Å²) in [5, 5.41) is 8.33. The Morgan fingerprint density at radius 2 is 1.75 bits per heavy atom. The van der Waals surface area contributed by atoms with Crippen molar-refractivity contribution < 1.29 is 44.5 Å². The summed E-state index contributed by atoms with van der Waals surface area (Å²) in [5.41, 5.74) is 2.08. The van der Waals surface area contributed by atoms with Crippen LogP contribution in [-0.2, 0) is 24.6 Å². The van der Waals surface area contributed by atoms with Crippen molar-refractivity contribution in [2.24, 2.45) is 0 Å². The van der Waals surface area contributed by atoms with Crippen LogP contribution in [0.1, 0.15) is 6.42 Å². The second-order valence-corrected chi connectivity index (χ2v) is 4.10. The number of alkyl halides is 5. The van der Waals surface area contributed by atoms with E-state index < -0.39 is 36.5 Å². The lowest BCUT2D eigenvalue weighted by atomic mass is 10.2. The zero-order valence-corrected chi connectivity index (χ0v) is 10.9. The monoisotopic (exact) mass is 331 g/mol. The molecule has 0 amide bonds. The number of hydrogen-bond donors (Lipinski definition) is 2. The predicted molar refractivity (Wildman–Crippen MR) is 56.7 cm³/mol. The highest BCUT2D eigenvalue weighted by Crippen LogP contribution is 2.37. The predicted octanol–water partition coefficient (Wildman–Crippen LogP) is 0.700. The summed E-state index contributed by atoms with van der Waals surface area (Å²) in [6.07, 6.45) is -7.12. The molecule has 0 rings (SSSR count). The Morgan fingerprint density at radius 1 is 1.10 bits per heavy atom. The van der Waals surface area contributed by atoms with Crippen LogP contribution in [-0.4, -0.2) is 54.4 Å². The molecule has 1 atom stereocenters. The smallest absolute Gasteiger partial charge is 0.395 e. The fourth-order valence-corrected chi connectivity index (χ4v) is 1.20. The molecule has 0 aromatic rings. The molecule has 1 unspecified atom stereocenters. The summed E-state index contributed by atoms with van der Waals surface area (Å²) in [5.74, 6) is -4.81. The maximum Gasteiger partial charge on any atom is 0.453 e. The van der Waals surface area contributed by atoms with E-state index in [9.17, 15) is 26.2 Å². The third kappa shape index (κ3) is 8.71. The fraction of sp³-hybridized carbons (Fsp3) is 1.00. The minimum atomic E-state index is -5.61. The zero-order chi connectivity index (χ0) is 15.6. The molecule has 0 aromatic carbocycles. The Balaban J connectivity index is 3.56. The molecule has 6 nitrogen and oxygen atoms in total. The maximum absolute atomic E-state index is 12.4. The van der Waals surface area contributed by atoms with Crippen molar-refractivity contribution in [2.75, 3.05) is 33.0 Å². The summed E-state index contributed by atoms with van der Waals surface area (Å²) in [4.78, 5) is 0. The number of aliphatic hydroxyl groups is 1. The van der Waals surface area contributed by atoms with Crippen LogP contribution in [0, 0.1) is 0 Å². The van der Waals surface area contributed by atoms with Crippen LogP contribution in [0.5, 0.6) is 0 Å². The molecule has 0 fully saturated rings. The maximum atomic E-state index is 12.4. The first kappa shape index (κ1) is 19.6. The zero-order valence-electron chi connectivity index (χ0n) is 10.1. The number of nitrogens with one attached hydrogen (secondary N) is 1. The van der Waals surface area contributed by atoms with Crippen molar-refractivity contribution in [2.45, 2.75) is 18.5 Å². The van der Waals surface area contributed by atoms with E-state index in [1.807, 2.05) is 0 Å². The molecule has 0 aromatic heterocycles. The average molecular weight is 331 g/mol. The Labute approximate surface area is 114 Å². The van der Waals surface area contributed by atoms with E-state index in [0.717, 1.165) is 0 Å². The molecular weight excluding hydrogens is 317 g/mol. The molecule has 0 heterocycles. The third-order valence-corrected chi connectivity index (χ3v) is 2.34. The topological polar surface area (TPSA) is 77.0 Å². The molecule has 12 heteroatoms. The van der Waals surface area contributed by atoms with Crippen molar-refractivity contribution >= 4 is 11.4 Å². The number of halogens is 5. The molecular formula is C8H14F5NO5S. The van der Waals surface area contributed by atoms with E-state index in [0.29, 0.717) is 0 Å². The summed E-state index contributed by atoms with van der Waals surface area (Å²) >= 11 is -2.19. The first-order valence-corrected chi connectivity index (χ1v) is 6.29. The van der Waals surface area contributed by atoms with Crippen molar-refractivity contribution in [3.8, 4) is 0 Å². The van der Waals surface area contributed by atoms with Gasteiger partial charge in [0.15, 0.2) is 0 Å². The van der Waals surface area contributed by atoms with E-state index >= 15 is 0 Å². The molecule has 0 bridgehead atoms. The van der Waals surface area contributed by atoms with E-state index in [1.165, 1.54) is 0 Å². The lowest BCUT2D eigenvalue weighted by Gasteiger charge is -2.19. The highest BCUT2D eigenvalue weighted by Gasteiger charge is 2.56. The first-order chi connectivity index (χ1) is 9.20. The van der Waals surface area contributed by atoms with Crippen LogP contribution < -0.4 is 5.48 Å². The molecule has 0 saturated carbocycles. The van der Waals surface area contributed by atoms with Gasteiger partial charge in [0.2, 0.25) is 0 Å². The van der Waals surface area contributed by atoms with Gasteiger partial charge in [-0.3, -0.25) is 4.18 Å². The number of hydroxylamine groups is 1. The van der Waals surface area contributed by atoms with Gasteiger partial charge in [0.25, 0.3) is 0 Å². The standard InChI is InChI=1S/C8H14F5NO5S/c9-7(10,8(11,12)13)1-4-17-5-6-18-20(16)19-14-2-3-15/h14-15H,1-6H2. The van der Waals surface area contributed by atoms with Gasteiger partial charge < -0.3 is 9.84 Å². The van der Waals surface area contributed by atoms with E-state index in [2.05, 4.69) is 18.7 Å². The minimum absolute atomic E-state index is 0.0120. The lowest BCUT2D eigenvalue weighted by Crippen LogP contribution is -2.37. The Kier molecular flexibility index (Phi) is 9.33. The van der Waals surface area contributed by atoms with Gasteiger partial charge in [0.05, 0.1) is 26.4 Å². The Bertz CT molecular complexity index is 291. The molecule has 20 heavy (non-hydrogen) atoms. The van der Waals surface area contributed by atoms with E-state index in [-0.39, 0.29) is 26.4 Å². The van der Waals surface area contributed by atoms with Crippen LogP contribution in [0.2, 0.25) is 0 Å². The van der Waals surface area contributed by atoms with Crippen LogP contribution in [0.15, 0.2) is 0 Å². The van der Waals surface area contributed by atoms with Crippen LogP contribution in [0.25, 0.3) is 0 Å². The van der Waals surface area contributed by atoms with Crippen molar-refractivity contribution in [1.82, 2.24) is 5.48 Å².